The van der Waals surface area contributed by atoms with Gasteiger partial charge in [0.25, 0.3) is 5.91 Å². The van der Waals surface area contributed by atoms with Gasteiger partial charge in [-0.1, -0.05) is 42.0 Å². The molecular formula is C28H38N4O5. The molecule has 0 aromatic heterocycles. The van der Waals surface area contributed by atoms with Crippen LogP contribution in [-0.4, -0.2) is 47.4 Å². The van der Waals surface area contributed by atoms with E-state index >= 15 is 0 Å². The second kappa shape index (κ2) is 11.9. The summed E-state index contributed by atoms with van der Waals surface area (Å²) in [6.07, 6.45) is -1.33. The van der Waals surface area contributed by atoms with Crippen molar-refractivity contribution in [1.29, 1.82) is 0 Å². The fourth-order valence-corrected chi connectivity index (χ4v) is 4.01. The van der Waals surface area contributed by atoms with Gasteiger partial charge in [0.1, 0.15) is 17.7 Å². The van der Waals surface area contributed by atoms with Crippen molar-refractivity contribution < 1.29 is 23.9 Å². The zero-order valence-electron chi connectivity index (χ0n) is 22.9. The number of likely N-dealkylation sites (N-methyl/N-ethyl adjacent to an activating group) is 1. The third-order valence-corrected chi connectivity index (χ3v) is 5.84. The molecule has 0 saturated carbocycles. The monoisotopic (exact) mass is 510 g/mol. The van der Waals surface area contributed by atoms with E-state index in [-0.39, 0.29) is 0 Å². The summed E-state index contributed by atoms with van der Waals surface area (Å²) in [4.78, 5) is 52.9. The highest BCUT2D eigenvalue weighted by Gasteiger charge is 2.36. The van der Waals surface area contributed by atoms with Crippen LogP contribution >= 0.6 is 0 Å². The molecule has 0 saturated heterocycles. The number of anilines is 1. The Morgan fingerprint density at radius 3 is 2.11 bits per heavy atom. The molecule has 9 heteroatoms. The maximum absolute atomic E-state index is 13.8. The van der Waals surface area contributed by atoms with Crippen LogP contribution in [0.15, 0.2) is 36.4 Å². The maximum atomic E-state index is 13.8. The Morgan fingerprint density at radius 1 is 0.973 bits per heavy atom. The quantitative estimate of drug-likeness (QED) is 0.497. The summed E-state index contributed by atoms with van der Waals surface area (Å²) in [5.41, 5.74) is 9.30. The number of carbonyl (C=O) groups is 4. The molecule has 2 unspecified atom stereocenters. The van der Waals surface area contributed by atoms with Gasteiger partial charge in [-0.15, -0.1) is 0 Å². The number of amides is 4. The summed E-state index contributed by atoms with van der Waals surface area (Å²) < 4.78 is 5.26. The highest BCUT2D eigenvalue weighted by molar-refractivity contribution is 6.00. The van der Waals surface area contributed by atoms with E-state index < -0.39 is 47.9 Å². The van der Waals surface area contributed by atoms with E-state index in [4.69, 9.17) is 10.5 Å². The van der Waals surface area contributed by atoms with Crippen molar-refractivity contribution in [3.63, 3.8) is 0 Å². The number of hydrogen-bond acceptors (Lipinski definition) is 5. The number of nitrogens with one attached hydrogen (secondary N) is 2. The zero-order valence-corrected chi connectivity index (χ0v) is 22.9. The highest BCUT2D eigenvalue weighted by Crippen LogP contribution is 2.28. The van der Waals surface area contributed by atoms with Crippen molar-refractivity contribution in [2.24, 2.45) is 5.73 Å². The Hall–Kier alpha value is -3.88. The number of aryl methyl sites for hydroxylation is 4. The highest BCUT2D eigenvalue weighted by atomic mass is 16.6. The van der Waals surface area contributed by atoms with Crippen molar-refractivity contribution in [3.05, 3.63) is 64.2 Å². The number of alkyl carbamates (subject to hydrolysis) is 1. The summed E-state index contributed by atoms with van der Waals surface area (Å²) in [6.45, 7) is 12.6. The average Bonchev–Trinajstić information content (AvgIpc) is 2.76. The molecule has 2 atom stereocenters. The fraction of sp³-hybridized carbons (Fsp3) is 0.429. The Bertz CT molecular complexity index is 1170. The molecule has 0 radical (unpaired) electrons. The van der Waals surface area contributed by atoms with Crippen molar-refractivity contribution in [3.8, 4) is 0 Å². The zero-order chi connectivity index (χ0) is 28.1. The molecular weight excluding hydrogens is 472 g/mol. The number of hydrogen-bond donors (Lipinski definition) is 3. The third-order valence-electron chi connectivity index (χ3n) is 5.84. The molecule has 0 spiro atoms. The van der Waals surface area contributed by atoms with E-state index in [0.717, 1.165) is 22.3 Å². The first-order valence-electron chi connectivity index (χ1n) is 12.1. The molecule has 37 heavy (non-hydrogen) atoms. The molecule has 4 N–H and O–H groups in total. The first kappa shape index (κ1) is 29.4. The first-order chi connectivity index (χ1) is 17.1. The molecule has 0 aliphatic heterocycles. The van der Waals surface area contributed by atoms with Crippen LogP contribution in [0.5, 0.6) is 0 Å². The second-order valence-electron chi connectivity index (χ2n) is 10.3. The predicted molar refractivity (Wildman–Crippen MR) is 143 cm³/mol. The Balaban J connectivity index is 2.50. The SMILES string of the molecule is Cc1ccc(C)c(C(C(=O)Nc2c(C)cccc2C)N(C)C(=O)C(CC(N)=O)NC(=O)OC(C)(C)C)c1. The molecule has 9 nitrogen and oxygen atoms in total. The molecule has 2 aromatic rings. The van der Waals surface area contributed by atoms with Crippen LogP contribution in [-0.2, 0) is 19.1 Å². The lowest BCUT2D eigenvalue weighted by Gasteiger charge is -2.32. The van der Waals surface area contributed by atoms with E-state index in [0.29, 0.717) is 11.3 Å². The van der Waals surface area contributed by atoms with Crippen LogP contribution in [0.4, 0.5) is 10.5 Å². The molecule has 2 aromatic carbocycles. The van der Waals surface area contributed by atoms with Gasteiger partial charge in [0.15, 0.2) is 0 Å². The Morgan fingerprint density at radius 2 is 1.57 bits per heavy atom. The minimum absolute atomic E-state index is 0.433. The molecule has 2 rings (SSSR count). The van der Waals surface area contributed by atoms with Gasteiger partial charge in [-0.25, -0.2) is 4.79 Å². The van der Waals surface area contributed by atoms with Gasteiger partial charge in [0, 0.05) is 12.7 Å². The summed E-state index contributed by atoms with van der Waals surface area (Å²) in [7, 11) is 1.46. The number of para-hydroxylation sites is 1. The number of nitrogens with zero attached hydrogens (tertiary/aromatic N) is 1. The summed E-state index contributed by atoms with van der Waals surface area (Å²) in [5.74, 6) is -1.88. The predicted octanol–water partition coefficient (Wildman–Crippen LogP) is 3.83. The standard InChI is InChI=1S/C28H38N4O5/c1-16-12-13-17(2)20(14-16)24(25(34)31-23-18(3)10-9-11-19(23)4)32(8)26(35)21(15-22(29)33)30-27(36)37-28(5,6)7/h9-14,21,24H,15H2,1-8H3,(H2,29,33)(H,30,36)(H,31,34). The van der Waals surface area contributed by atoms with Gasteiger partial charge in [-0.3, -0.25) is 14.4 Å². The number of carbonyl (C=O) groups excluding carboxylic acids is 4. The van der Waals surface area contributed by atoms with Crippen LogP contribution in [0, 0.1) is 27.7 Å². The van der Waals surface area contributed by atoms with Crippen molar-refractivity contribution in [1.82, 2.24) is 10.2 Å². The normalized spacial score (nSPS) is 12.8. The van der Waals surface area contributed by atoms with E-state index in [1.54, 1.807) is 20.8 Å². The van der Waals surface area contributed by atoms with Gasteiger partial charge in [0.2, 0.25) is 11.8 Å². The number of ether oxygens (including phenoxy) is 1. The van der Waals surface area contributed by atoms with Gasteiger partial charge in [-0.2, -0.15) is 0 Å². The lowest BCUT2D eigenvalue weighted by atomic mass is 9.96. The lowest BCUT2D eigenvalue weighted by Crippen LogP contribution is -2.52. The van der Waals surface area contributed by atoms with Crippen LogP contribution in [0.3, 0.4) is 0 Å². The molecule has 0 heterocycles. The van der Waals surface area contributed by atoms with Gasteiger partial charge >= 0.3 is 6.09 Å². The summed E-state index contributed by atoms with van der Waals surface area (Å²) in [6, 6.07) is 8.94. The first-order valence-corrected chi connectivity index (χ1v) is 12.1. The molecule has 0 aliphatic rings. The van der Waals surface area contributed by atoms with Crippen LogP contribution in [0.1, 0.15) is 61.1 Å². The minimum atomic E-state index is -1.32. The van der Waals surface area contributed by atoms with Gasteiger partial charge in [0.05, 0.1) is 6.42 Å². The Labute approximate surface area is 218 Å². The van der Waals surface area contributed by atoms with Crippen molar-refractivity contribution in [2.45, 2.75) is 72.6 Å². The maximum Gasteiger partial charge on any atom is 0.408 e. The van der Waals surface area contributed by atoms with E-state index in [1.807, 2.05) is 64.1 Å². The third kappa shape index (κ3) is 8.06. The second-order valence-corrected chi connectivity index (χ2v) is 10.3. The smallest absolute Gasteiger partial charge is 0.408 e. The number of rotatable bonds is 8. The van der Waals surface area contributed by atoms with E-state index in [9.17, 15) is 19.2 Å². The molecule has 0 fully saturated rings. The Kier molecular flexibility index (Phi) is 9.44. The topological polar surface area (TPSA) is 131 Å². The van der Waals surface area contributed by atoms with Crippen molar-refractivity contribution in [2.75, 3.05) is 12.4 Å². The van der Waals surface area contributed by atoms with Crippen LogP contribution < -0.4 is 16.4 Å². The molecule has 0 bridgehead atoms. The van der Waals surface area contributed by atoms with Gasteiger partial charge in [-0.05, 0) is 70.7 Å². The largest absolute Gasteiger partial charge is 0.444 e. The van der Waals surface area contributed by atoms with Crippen LogP contribution in [0.25, 0.3) is 0 Å². The van der Waals surface area contributed by atoms with Crippen molar-refractivity contribution >= 4 is 29.5 Å². The summed E-state index contributed by atoms with van der Waals surface area (Å²) in [5, 5.41) is 5.41. The molecule has 0 aliphatic carbocycles. The number of nitrogens with two attached hydrogens (primary N) is 1. The summed E-state index contributed by atoms with van der Waals surface area (Å²) >= 11 is 0. The average molecular weight is 511 g/mol. The van der Waals surface area contributed by atoms with E-state index in [2.05, 4.69) is 10.6 Å². The molecule has 4 amide bonds. The van der Waals surface area contributed by atoms with E-state index in [1.165, 1.54) is 11.9 Å². The molecule has 200 valence electrons. The van der Waals surface area contributed by atoms with Gasteiger partial charge < -0.3 is 26.0 Å². The number of benzene rings is 2. The fourth-order valence-electron chi connectivity index (χ4n) is 4.01. The number of primary amides is 1. The van der Waals surface area contributed by atoms with Crippen LogP contribution in [0.2, 0.25) is 0 Å². The minimum Gasteiger partial charge on any atom is -0.444 e. The lowest BCUT2D eigenvalue weighted by molar-refractivity contribution is -0.140.